The van der Waals surface area contributed by atoms with Crippen LogP contribution in [0.15, 0.2) is 54.2 Å². The summed E-state index contributed by atoms with van der Waals surface area (Å²) in [4.78, 5) is 3.75. The number of rotatable bonds is 2. The van der Waals surface area contributed by atoms with E-state index in [2.05, 4.69) is 10.1 Å². The molecule has 1 heterocycles. The van der Waals surface area contributed by atoms with Gasteiger partial charge in [-0.05, 0) is 22.8 Å². The van der Waals surface area contributed by atoms with E-state index in [1.165, 1.54) is 29.5 Å². The molecule has 7 heteroatoms. The first-order chi connectivity index (χ1) is 8.97. The van der Waals surface area contributed by atoms with Gasteiger partial charge in [-0.25, -0.2) is 0 Å². The summed E-state index contributed by atoms with van der Waals surface area (Å²) in [6, 6.07) is 3.88. The third-order valence-corrected chi connectivity index (χ3v) is 2.28. The largest absolute Gasteiger partial charge is 0.854 e. The lowest BCUT2D eigenvalue weighted by molar-refractivity contribution is -0.682. The van der Waals surface area contributed by atoms with E-state index < -0.39 is 17.6 Å². The van der Waals surface area contributed by atoms with Crippen LogP contribution in [-0.2, 0) is 6.18 Å². The number of alkyl halides is 3. The van der Waals surface area contributed by atoms with Crippen molar-refractivity contribution in [3.05, 3.63) is 60.2 Å². The molecule has 0 spiro atoms. The molecule has 0 unspecified atom stereocenters. The molecule has 0 aliphatic heterocycles. The van der Waals surface area contributed by atoms with Gasteiger partial charge in [0.2, 0.25) is 12.4 Å². The molecule has 4 nitrogen and oxygen atoms in total. The second-order valence-electron chi connectivity index (χ2n) is 3.61. The van der Waals surface area contributed by atoms with Crippen molar-refractivity contribution in [1.82, 2.24) is 4.98 Å². The topological polar surface area (TPSA) is 52.2 Å². The zero-order valence-electron chi connectivity index (χ0n) is 9.50. The van der Waals surface area contributed by atoms with Crippen LogP contribution in [0.4, 0.5) is 13.2 Å². The Morgan fingerprint density at radius 3 is 2.21 bits per heavy atom. The van der Waals surface area contributed by atoms with Gasteiger partial charge in [-0.2, -0.15) is 13.2 Å². The lowest BCUT2D eigenvalue weighted by atomic mass is 10.1. The zero-order valence-corrected chi connectivity index (χ0v) is 9.50. The summed E-state index contributed by atoms with van der Waals surface area (Å²) in [7, 11) is 0. The van der Waals surface area contributed by atoms with E-state index >= 15 is 0 Å². The zero-order chi connectivity index (χ0) is 13.9. The van der Waals surface area contributed by atoms with E-state index in [1.807, 2.05) is 0 Å². The van der Waals surface area contributed by atoms with Crippen LogP contribution in [0.5, 0.6) is 0 Å². The van der Waals surface area contributed by atoms with Gasteiger partial charge in [0.05, 0.1) is 23.9 Å². The molecule has 0 amide bonds. The second kappa shape index (κ2) is 5.05. The monoisotopic (exact) mass is 267 g/mol. The highest BCUT2D eigenvalue weighted by Gasteiger charge is 2.29. The van der Waals surface area contributed by atoms with Gasteiger partial charge in [0, 0.05) is 0 Å². The SMILES string of the molecule is [O-]/C(=N\[n+]1ccncc1)c1ccc(C(F)(F)F)cc1. The molecule has 98 valence electrons. The van der Waals surface area contributed by atoms with Gasteiger partial charge in [0.15, 0.2) is 0 Å². The van der Waals surface area contributed by atoms with Gasteiger partial charge in [-0.15, -0.1) is 0 Å². The van der Waals surface area contributed by atoms with Crippen molar-refractivity contribution in [2.24, 2.45) is 5.10 Å². The maximum absolute atomic E-state index is 12.3. The normalized spacial score (nSPS) is 12.5. The van der Waals surface area contributed by atoms with Gasteiger partial charge >= 0.3 is 6.18 Å². The van der Waals surface area contributed by atoms with Gasteiger partial charge < -0.3 is 5.11 Å². The molecule has 19 heavy (non-hydrogen) atoms. The molecule has 0 fully saturated rings. The van der Waals surface area contributed by atoms with E-state index in [0.717, 1.165) is 24.3 Å². The predicted molar refractivity (Wildman–Crippen MR) is 57.8 cm³/mol. The summed E-state index contributed by atoms with van der Waals surface area (Å²) >= 11 is 0. The quantitative estimate of drug-likeness (QED) is 0.462. The molecule has 0 radical (unpaired) electrons. The molecule has 0 saturated carbocycles. The highest BCUT2D eigenvalue weighted by atomic mass is 19.4. The Balaban J connectivity index is 2.25. The summed E-state index contributed by atoms with van der Waals surface area (Å²) in [5, 5.41) is 15.4. The summed E-state index contributed by atoms with van der Waals surface area (Å²) in [5.74, 6) is -0.634. The minimum Gasteiger partial charge on any atom is -0.854 e. The van der Waals surface area contributed by atoms with Crippen LogP contribution in [0.3, 0.4) is 0 Å². The maximum atomic E-state index is 12.3. The number of hydrogen-bond donors (Lipinski definition) is 0. The van der Waals surface area contributed by atoms with Crippen molar-refractivity contribution in [2.45, 2.75) is 6.18 Å². The fraction of sp³-hybridized carbons (Fsp3) is 0.0833. The molecule has 0 atom stereocenters. The molecule has 0 bridgehead atoms. The molecule has 1 aromatic heterocycles. The Bertz CT molecular complexity index is 579. The van der Waals surface area contributed by atoms with Crippen LogP contribution in [0.25, 0.3) is 0 Å². The molecule has 2 aromatic rings. The van der Waals surface area contributed by atoms with Crippen LogP contribution >= 0.6 is 0 Å². The van der Waals surface area contributed by atoms with E-state index in [4.69, 9.17) is 0 Å². The minimum atomic E-state index is -4.42. The molecule has 2 rings (SSSR count). The number of nitrogens with zero attached hydrogens (tertiary/aromatic N) is 3. The van der Waals surface area contributed by atoms with Gasteiger partial charge in [0.25, 0.3) is 0 Å². The number of aromatic nitrogens is 2. The maximum Gasteiger partial charge on any atom is 0.416 e. The molecule has 1 aromatic carbocycles. The molecular weight excluding hydrogens is 259 g/mol. The second-order valence-corrected chi connectivity index (χ2v) is 3.61. The third-order valence-electron chi connectivity index (χ3n) is 2.28. The third kappa shape index (κ3) is 3.27. The van der Waals surface area contributed by atoms with Gasteiger partial charge in [0.1, 0.15) is 0 Å². The van der Waals surface area contributed by atoms with Crippen LogP contribution in [0, 0.1) is 0 Å². The predicted octanol–water partition coefficient (Wildman–Crippen LogP) is 0.958. The minimum absolute atomic E-state index is 0.0808. The highest BCUT2D eigenvalue weighted by molar-refractivity contribution is 5.90. The van der Waals surface area contributed by atoms with Crippen LogP contribution < -0.4 is 9.78 Å². The highest BCUT2D eigenvalue weighted by Crippen LogP contribution is 2.28. The van der Waals surface area contributed by atoms with E-state index in [1.54, 1.807) is 0 Å². The van der Waals surface area contributed by atoms with Crippen molar-refractivity contribution < 1.29 is 23.0 Å². The number of halogens is 3. The summed E-state index contributed by atoms with van der Waals surface area (Å²) in [5.41, 5.74) is -0.724. The fourth-order valence-corrected chi connectivity index (χ4v) is 1.34. The van der Waals surface area contributed by atoms with Crippen molar-refractivity contribution in [3.63, 3.8) is 0 Å². The van der Waals surface area contributed by atoms with Crippen molar-refractivity contribution >= 4 is 5.90 Å². The summed E-state index contributed by atoms with van der Waals surface area (Å²) in [6.07, 6.45) is 1.34. The van der Waals surface area contributed by atoms with Gasteiger partial charge in [-0.3, -0.25) is 4.98 Å². The molecule has 0 aliphatic carbocycles. The Hall–Kier alpha value is -2.44. The lowest BCUT2D eigenvalue weighted by Gasteiger charge is -2.09. The first-order valence-corrected chi connectivity index (χ1v) is 5.22. The van der Waals surface area contributed by atoms with Crippen molar-refractivity contribution in [1.29, 1.82) is 0 Å². The first kappa shape index (κ1) is 13.0. The number of benzene rings is 1. The van der Waals surface area contributed by atoms with Crippen LogP contribution in [0.2, 0.25) is 0 Å². The number of hydrogen-bond acceptors (Lipinski definition) is 3. The average molecular weight is 267 g/mol. The van der Waals surface area contributed by atoms with E-state index in [0.29, 0.717) is 0 Å². The summed E-state index contributed by atoms with van der Waals surface area (Å²) < 4.78 is 38.3. The average Bonchev–Trinajstić information content (AvgIpc) is 2.39. The van der Waals surface area contributed by atoms with E-state index in [9.17, 15) is 18.3 Å². The fourth-order valence-electron chi connectivity index (χ4n) is 1.34. The lowest BCUT2D eigenvalue weighted by Crippen LogP contribution is -2.33. The Morgan fingerprint density at radius 2 is 1.68 bits per heavy atom. The Kier molecular flexibility index (Phi) is 3.46. The molecular formula is C12H8F3N3O. The molecule has 0 aliphatic rings. The van der Waals surface area contributed by atoms with Crippen LogP contribution in [0.1, 0.15) is 11.1 Å². The molecule has 0 N–H and O–H groups in total. The Labute approximate surface area is 106 Å². The summed E-state index contributed by atoms with van der Waals surface area (Å²) in [6.45, 7) is 0. The standard InChI is InChI=1S/C12H8F3N3O/c13-12(14,15)10-3-1-9(2-4-10)11(19)17-18-7-5-16-6-8-18/h1-8H. The van der Waals surface area contributed by atoms with Crippen LogP contribution in [-0.4, -0.2) is 10.9 Å². The van der Waals surface area contributed by atoms with Crippen molar-refractivity contribution in [2.75, 3.05) is 0 Å². The molecule has 0 saturated heterocycles. The Morgan fingerprint density at radius 1 is 1.11 bits per heavy atom. The smallest absolute Gasteiger partial charge is 0.416 e. The first-order valence-electron chi connectivity index (χ1n) is 5.22. The van der Waals surface area contributed by atoms with Crippen molar-refractivity contribution in [3.8, 4) is 0 Å². The van der Waals surface area contributed by atoms with E-state index in [-0.39, 0.29) is 5.56 Å². The van der Waals surface area contributed by atoms with Gasteiger partial charge in [-0.1, -0.05) is 16.8 Å².